The van der Waals surface area contributed by atoms with E-state index in [0.717, 1.165) is 32.4 Å². The first-order chi connectivity index (χ1) is 9.52. The van der Waals surface area contributed by atoms with E-state index >= 15 is 0 Å². The van der Waals surface area contributed by atoms with E-state index in [4.69, 9.17) is 5.73 Å². The Morgan fingerprint density at radius 3 is 2.57 bits per heavy atom. The number of benzene rings is 1. The van der Waals surface area contributed by atoms with Crippen molar-refractivity contribution < 1.29 is 4.79 Å². The lowest BCUT2D eigenvalue weighted by Crippen LogP contribution is -2.34. The molecule has 2 rings (SSSR count). The van der Waals surface area contributed by atoms with Gasteiger partial charge in [0.15, 0.2) is 0 Å². The highest BCUT2D eigenvalue weighted by molar-refractivity contribution is 5.85. The second kappa shape index (κ2) is 7.81. The summed E-state index contributed by atoms with van der Waals surface area (Å²) in [5.41, 5.74) is 8.51. The number of nitrogens with zero attached hydrogens (tertiary/aromatic N) is 1. The minimum Gasteiger partial charge on any atom is -0.342 e. The summed E-state index contributed by atoms with van der Waals surface area (Å²) in [7, 11) is 0. The molecule has 0 aromatic heterocycles. The molecule has 0 spiro atoms. The van der Waals surface area contributed by atoms with Gasteiger partial charge in [-0.05, 0) is 43.7 Å². The second-order valence-corrected chi connectivity index (χ2v) is 6.42. The Balaban J connectivity index is 0.00000220. The van der Waals surface area contributed by atoms with Crippen LogP contribution in [0.2, 0.25) is 0 Å². The molecule has 1 fully saturated rings. The van der Waals surface area contributed by atoms with Gasteiger partial charge in [-0.15, -0.1) is 12.4 Å². The first-order valence-electron chi connectivity index (χ1n) is 7.56. The molecule has 1 aromatic carbocycles. The molecule has 0 bridgehead atoms. The molecule has 3 nitrogen and oxygen atoms in total. The van der Waals surface area contributed by atoms with Crippen molar-refractivity contribution in [3.8, 4) is 0 Å². The quantitative estimate of drug-likeness (QED) is 0.909. The molecule has 1 unspecified atom stereocenters. The molecule has 0 radical (unpaired) electrons. The van der Waals surface area contributed by atoms with E-state index < -0.39 is 0 Å². The van der Waals surface area contributed by atoms with Crippen molar-refractivity contribution in [3.05, 3.63) is 35.4 Å². The number of nitrogens with two attached hydrogens (primary N) is 1. The van der Waals surface area contributed by atoms with Crippen molar-refractivity contribution in [2.24, 2.45) is 11.1 Å². The summed E-state index contributed by atoms with van der Waals surface area (Å²) in [5.74, 6) is 0.286. The molecule has 1 atom stereocenters. The fourth-order valence-electron chi connectivity index (χ4n) is 2.76. The average molecular weight is 311 g/mol. The van der Waals surface area contributed by atoms with Gasteiger partial charge in [0.1, 0.15) is 0 Å². The smallest absolute Gasteiger partial charge is 0.222 e. The summed E-state index contributed by atoms with van der Waals surface area (Å²) in [6.45, 7) is 6.63. The van der Waals surface area contributed by atoms with Crippen LogP contribution in [0.25, 0.3) is 0 Å². The van der Waals surface area contributed by atoms with E-state index in [2.05, 4.69) is 38.1 Å². The van der Waals surface area contributed by atoms with Gasteiger partial charge in [-0.2, -0.15) is 0 Å². The number of halogens is 1. The van der Waals surface area contributed by atoms with Crippen LogP contribution >= 0.6 is 12.4 Å². The third kappa shape index (κ3) is 5.01. The van der Waals surface area contributed by atoms with Gasteiger partial charge < -0.3 is 10.6 Å². The molecule has 1 aliphatic heterocycles. The van der Waals surface area contributed by atoms with Crippen molar-refractivity contribution >= 4 is 18.3 Å². The number of hydrogen-bond acceptors (Lipinski definition) is 2. The Bertz CT molecular complexity index is 460. The zero-order valence-corrected chi connectivity index (χ0v) is 13.9. The third-order valence-electron chi connectivity index (χ3n) is 4.38. The van der Waals surface area contributed by atoms with Crippen LogP contribution in [0.3, 0.4) is 0 Å². The average Bonchev–Trinajstić information content (AvgIpc) is 2.84. The van der Waals surface area contributed by atoms with E-state index in [-0.39, 0.29) is 23.7 Å². The molecule has 1 amide bonds. The maximum Gasteiger partial charge on any atom is 0.222 e. The number of carbonyl (C=O) groups is 1. The number of aryl methyl sites for hydroxylation is 2. The van der Waals surface area contributed by atoms with Gasteiger partial charge in [-0.3, -0.25) is 4.79 Å². The van der Waals surface area contributed by atoms with Crippen molar-refractivity contribution in [1.29, 1.82) is 0 Å². The lowest BCUT2D eigenvalue weighted by Gasteiger charge is -2.22. The molecule has 118 valence electrons. The zero-order valence-electron chi connectivity index (χ0n) is 13.1. The Morgan fingerprint density at radius 2 is 2.00 bits per heavy atom. The number of rotatable bonds is 5. The summed E-state index contributed by atoms with van der Waals surface area (Å²) in [6.07, 6.45) is 3.59. The fourth-order valence-corrected chi connectivity index (χ4v) is 2.76. The number of amides is 1. The molecule has 0 saturated carbocycles. The predicted octanol–water partition coefficient (Wildman–Crippen LogP) is 2.94. The largest absolute Gasteiger partial charge is 0.342 e. The maximum absolute atomic E-state index is 12.2. The molecule has 1 saturated heterocycles. The molecule has 4 heteroatoms. The normalized spacial score (nSPS) is 21.2. The molecular formula is C17H27ClN2O. The highest BCUT2D eigenvalue weighted by Crippen LogP contribution is 2.28. The lowest BCUT2D eigenvalue weighted by atomic mass is 9.90. The monoisotopic (exact) mass is 310 g/mol. The van der Waals surface area contributed by atoms with Gasteiger partial charge in [0.05, 0.1) is 0 Å². The standard InChI is InChI=1S/C17H26N2O.ClH/c1-14-6-8-15(9-7-14)4-3-5-16(20)19-11-10-17(2,12-18)13-19;/h6-9H,3-5,10-13,18H2,1-2H3;1H. The fraction of sp³-hybridized carbons (Fsp3) is 0.588. The second-order valence-electron chi connectivity index (χ2n) is 6.42. The van der Waals surface area contributed by atoms with Gasteiger partial charge >= 0.3 is 0 Å². The summed E-state index contributed by atoms with van der Waals surface area (Å²) in [5, 5.41) is 0. The maximum atomic E-state index is 12.2. The molecule has 1 aromatic rings. The summed E-state index contributed by atoms with van der Waals surface area (Å²) < 4.78 is 0. The van der Waals surface area contributed by atoms with Crippen LogP contribution in [0.4, 0.5) is 0 Å². The first kappa shape index (κ1) is 18.0. The van der Waals surface area contributed by atoms with Crippen LogP contribution < -0.4 is 5.73 Å². The van der Waals surface area contributed by atoms with Crippen LogP contribution in [-0.4, -0.2) is 30.4 Å². The minimum absolute atomic E-state index is 0. The van der Waals surface area contributed by atoms with Gasteiger partial charge in [-0.1, -0.05) is 36.8 Å². The molecule has 1 heterocycles. The van der Waals surface area contributed by atoms with Crippen LogP contribution in [0, 0.1) is 12.3 Å². The van der Waals surface area contributed by atoms with E-state index in [1.54, 1.807) is 0 Å². The third-order valence-corrected chi connectivity index (χ3v) is 4.38. The molecule has 21 heavy (non-hydrogen) atoms. The van der Waals surface area contributed by atoms with E-state index in [1.807, 2.05) is 4.90 Å². The lowest BCUT2D eigenvalue weighted by molar-refractivity contribution is -0.130. The Labute approximate surface area is 134 Å². The van der Waals surface area contributed by atoms with Crippen molar-refractivity contribution in [2.75, 3.05) is 19.6 Å². The molecular weight excluding hydrogens is 284 g/mol. The van der Waals surface area contributed by atoms with Crippen molar-refractivity contribution in [2.45, 2.75) is 39.5 Å². The van der Waals surface area contributed by atoms with Crippen molar-refractivity contribution in [3.63, 3.8) is 0 Å². The highest BCUT2D eigenvalue weighted by Gasteiger charge is 2.34. The van der Waals surface area contributed by atoms with E-state index in [0.29, 0.717) is 13.0 Å². The Morgan fingerprint density at radius 1 is 1.33 bits per heavy atom. The molecule has 2 N–H and O–H groups in total. The topological polar surface area (TPSA) is 46.3 Å². The Kier molecular flexibility index (Phi) is 6.69. The Hall–Kier alpha value is -1.06. The predicted molar refractivity (Wildman–Crippen MR) is 89.7 cm³/mol. The SMILES string of the molecule is Cc1ccc(CCCC(=O)N2CCC(C)(CN)C2)cc1.Cl. The summed E-state index contributed by atoms with van der Waals surface area (Å²) in [6, 6.07) is 8.57. The number of hydrogen-bond donors (Lipinski definition) is 1. The van der Waals surface area contributed by atoms with Crippen molar-refractivity contribution in [1.82, 2.24) is 4.90 Å². The number of likely N-dealkylation sites (tertiary alicyclic amines) is 1. The zero-order chi connectivity index (χ0) is 14.6. The van der Waals surface area contributed by atoms with Crippen LogP contribution in [-0.2, 0) is 11.2 Å². The van der Waals surface area contributed by atoms with Crippen LogP contribution in [0.1, 0.15) is 37.3 Å². The van der Waals surface area contributed by atoms with Gasteiger partial charge in [-0.25, -0.2) is 0 Å². The van der Waals surface area contributed by atoms with Crippen LogP contribution in [0.15, 0.2) is 24.3 Å². The summed E-state index contributed by atoms with van der Waals surface area (Å²) in [4.78, 5) is 14.2. The first-order valence-corrected chi connectivity index (χ1v) is 7.56. The highest BCUT2D eigenvalue weighted by atomic mass is 35.5. The van der Waals surface area contributed by atoms with Crippen LogP contribution in [0.5, 0.6) is 0 Å². The van der Waals surface area contributed by atoms with Gasteiger partial charge in [0, 0.05) is 19.5 Å². The van der Waals surface area contributed by atoms with Gasteiger partial charge in [0.2, 0.25) is 5.91 Å². The molecule has 0 aliphatic carbocycles. The molecule has 1 aliphatic rings. The minimum atomic E-state index is 0. The number of carbonyl (C=O) groups excluding carboxylic acids is 1. The van der Waals surface area contributed by atoms with E-state index in [1.165, 1.54) is 11.1 Å². The summed E-state index contributed by atoms with van der Waals surface area (Å²) >= 11 is 0. The van der Waals surface area contributed by atoms with Gasteiger partial charge in [0.25, 0.3) is 0 Å². The van der Waals surface area contributed by atoms with E-state index in [9.17, 15) is 4.79 Å².